The van der Waals surface area contributed by atoms with E-state index in [-0.39, 0.29) is 12.6 Å². The second kappa shape index (κ2) is 7.87. The van der Waals surface area contributed by atoms with Gasteiger partial charge in [0.2, 0.25) is 10.0 Å². The third-order valence-electron chi connectivity index (χ3n) is 4.98. The first-order valence-corrected chi connectivity index (χ1v) is 10.8. The molecule has 2 heterocycles. The van der Waals surface area contributed by atoms with E-state index < -0.39 is 10.0 Å². The number of morpholine rings is 1. The van der Waals surface area contributed by atoms with Crippen molar-refractivity contribution in [1.29, 1.82) is 0 Å². The van der Waals surface area contributed by atoms with Gasteiger partial charge in [-0.05, 0) is 30.2 Å². The first-order chi connectivity index (χ1) is 13.6. The Balaban J connectivity index is 1.54. The maximum absolute atomic E-state index is 13.1. The fraction of sp³-hybridized carbons (Fsp3) is 0.286. The Morgan fingerprint density at radius 2 is 1.79 bits per heavy atom. The zero-order chi connectivity index (χ0) is 19.6. The minimum Gasteiger partial charge on any atom is -0.371 e. The highest BCUT2D eigenvalue weighted by Gasteiger charge is 2.32. The highest BCUT2D eigenvalue weighted by Crippen LogP contribution is 2.27. The highest BCUT2D eigenvalue weighted by atomic mass is 32.2. The summed E-state index contributed by atoms with van der Waals surface area (Å²) in [6.07, 6.45) is 3.36. The number of hydrogen-bond donors (Lipinski definition) is 0. The lowest BCUT2D eigenvalue weighted by Gasteiger charge is -2.31. The van der Waals surface area contributed by atoms with Crippen LogP contribution >= 0.6 is 0 Å². The molecule has 2 aromatic carbocycles. The molecule has 0 radical (unpaired) electrons. The highest BCUT2D eigenvalue weighted by molar-refractivity contribution is 7.89. The van der Waals surface area contributed by atoms with Crippen LogP contribution in [0.25, 0.3) is 11.1 Å². The van der Waals surface area contributed by atoms with E-state index in [2.05, 4.69) is 5.10 Å². The molecular formula is C21H23N3O3S. The van der Waals surface area contributed by atoms with Gasteiger partial charge in [0.05, 0.1) is 23.8 Å². The molecule has 0 N–H and O–H groups in total. The van der Waals surface area contributed by atoms with Crippen molar-refractivity contribution in [3.8, 4) is 11.1 Å². The SMILES string of the molecule is CCn1cc([C@H]2CN(S(=O)(=O)c3ccc(-c4ccccc4)cc3)CCO2)cn1. The van der Waals surface area contributed by atoms with E-state index in [0.717, 1.165) is 23.2 Å². The van der Waals surface area contributed by atoms with Crippen molar-refractivity contribution >= 4 is 10.0 Å². The average Bonchev–Trinajstić information content (AvgIpc) is 3.24. The first-order valence-electron chi connectivity index (χ1n) is 9.37. The zero-order valence-corrected chi connectivity index (χ0v) is 16.5. The number of aromatic nitrogens is 2. The van der Waals surface area contributed by atoms with Crippen LogP contribution in [0.5, 0.6) is 0 Å². The van der Waals surface area contributed by atoms with Crippen molar-refractivity contribution in [3.63, 3.8) is 0 Å². The van der Waals surface area contributed by atoms with Gasteiger partial charge >= 0.3 is 0 Å². The maximum Gasteiger partial charge on any atom is 0.243 e. The third kappa shape index (κ3) is 3.73. The van der Waals surface area contributed by atoms with Crippen LogP contribution in [-0.4, -0.2) is 42.2 Å². The number of nitrogens with zero attached hydrogens (tertiary/aromatic N) is 3. The largest absolute Gasteiger partial charge is 0.371 e. The lowest BCUT2D eigenvalue weighted by atomic mass is 10.1. The van der Waals surface area contributed by atoms with Gasteiger partial charge < -0.3 is 4.74 Å². The Morgan fingerprint density at radius 1 is 1.07 bits per heavy atom. The Bertz CT molecular complexity index is 1030. The van der Waals surface area contributed by atoms with Gasteiger partial charge in [-0.3, -0.25) is 4.68 Å². The molecule has 0 bridgehead atoms. The summed E-state index contributed by atoms with van der Waals surface area (Å²) in [7, 11) is -3.57. The molecule has 1 aromatic heterocycles. The van der Waals surface area contributed by atoms with Crippen LogP contribution in [0.3, 0.4) is 0 Å². The van der Waals surface area contributed by atoms with Crippen molar-refractivity contribution < 1.29 is 13.2 Å². The number of ether oxygens (including phenoxy) is 1. The number of aryl methyl sites for hydroxylation is 1. The summed E-state index contributed by atoms with van der Waals surface area (Å²) in [4.78, 5) is 0.303. The second-order valence-electron chi connectivity index (χ2n) is 6.74. The molecule has 0 aliphatic carbocycles. The minimum atomic E-state index is -3.57. The summed E-state index contributed by atoms with van der Waals surface area (Å²) in [5.41, 5.74) is 2.96. The number of sulfonamides is 1. The van der Waals surface area contributed by atoms with Crippen molar-refractivity contribution in [2.45, 2.75) is 24.5 Å². The number of hydrogen-bond acceptors (Lipinski definition) is 4. The van der Waals surface area contributed by atoms with E-state index in [4.69, 9.17) is 4.74 Å². The Morgan fingerprint density at radius 3 is 2.46 bits per heavy atom. The Labute approximate surface area is 165 Å². The average molecular weight is 398 g/mol. The predicted octanol–water partition coefficient (Wildman–Crippen LogP) is 3.33. The molecule has 1 saturated heterocycles. The lowest BCUT2D eigenvalue weighted by molar-refractivity contribution is -0.00260. The predicted molar refractivity (Wildman–Crippen MR) is 107 cm³/mol. The van der Waals surface area contributed by atoms with Crippen LogP contribution in [0.2, 0.25) is 0 Å². The van der Waals surface area contributed by atoms with Crippen molar-refractivity contribution in [2.75, 3.05) is 19.7 Å². The molecule has 0 saturated carbocycles. The molecule has 1 atom stereocenters. The van der Waals surface area contributed by atoms with Gasteiger partial charge in [-0.15, -0.1) is 0 Å². The van der Waals surface area contributed by atoms with Gasteiger partial charge in [-0.25, -0.2) is 8.42 Å². The third-order valence-corrected chi connectivity index (χ3v) is 6.86. The molecule has 3 aromatic rings. The monoisotopic (exact) mass is 397 g/mol. The van der Waals surface area contributed by atoms with E-state index >= 15 is 0 Å². The standard InChI is InChI=1S/C21H23N3O3S/c1-2-23-15-19(14-22-23)21-16-24(12-13-27-21)28(25,26)20-10-8-18(9-11-20)17-6-4-3-5-7-17/h3-11,14-15,21H,2,12-13,16H2,1H3/t21-/m1/s1. The summed E-state index contributed by atoms with van der Waals surface area (Å²) in [6.45, 7) is 3.78. The Kier molecular flexibility index (Phi) is 5.30. The van der Waals surface area contributed by atoms with Crippen LogP contribution in [-0.2, 0) is 21.3 Å². The van der Waals surface area contributed by atoms with Crippen LogP contribution in [0.15, 0.2) is 71.9 Å². The molecule has 146 valence electrons. The molecule has 1 aliphatic rings. The minimum absolute atomic E-state index is 0.290. The summed E-state index contributed by atoms with van der Waals surface area (Å²) < 4.78 is 35.4. The number of rotatable bonds is 5. The van der Waals surface area contributed by atoms with E-state index in [1.54, 1.807) is 18.3 Å². The zero-order valence-electron chi connectivity index (χ0n) is 15.7. The fourth-order valence-electron chi connectivity index (χ4n) is 3.36. The van der Waals surface area contributed by atoms with Crippen molar-refractivity contribution in [2.24, 2.45) is 0 Å². The summed E-state index contributed by atoms with van der Waals surface area (Å²) in [6, 6.07) is 17.0. The van der Waals surface area contributed by atoms with E-state index in [1.807, 2.05) is 60.3 Å². The Hall–Kier alpha value is -2.48. The molecule has 28 heavy (non-hydrogen) atoms. The van der Waals surface area contributed by atoms with Crippen LogP contribution in [0.4, 0.5) is 0 Å². The maximum atomic E-state index is 13.1. The summed E-state index contributed by atoms with van der Waals surface area (Å²) in [5.74, 6) is 0. The quantitative estimate of drug-likeness (QED) is 0.662. The van der Waals surface area contributed by atoms with Crippen LogP contribution < -0.4 is 0 Å². The van der Waals surface area contributed by atoms with Crippen LogP contribution in [0.1, 0.15) is 18.6 Å². The molecule has 4 rings (SSSR count). The smallest absolute Gasteiger partial charge is 0.243 e. The molecule has 1 fully saturated rings. The molecule has 0 unspecified atom stereocenters. The second-order valence-corrected chi connectivity index (χ2v) is 8.68. The normalized spacial score (nSPS) is 18.2. The van der Waals surface area contributed by atoms with Crippen molar-refractivity contribution in [3.05, 3.63) is 72.6 Å². The van der Waals surface area contributed by atoms with Gasteiger partial charge in [-0.1, -0.05) is 42.5 Å². The molecule has 1 aliphatic heterocycles. The van der Waals surface area contributed by atoms with Gasteiger partial charge in [-0.2, -0.15) is 9.40 Å². The summed E-state index contributed by atoms with van der Waals surface area (Å²) in [5, 5.41) is 4.26. The van der Waals surface area contributed by atoms with Gasteiger partial charge in [0.1, 0.15) is 0 Å². The molecule has 0 spiro atoms. The molecule has 0 amide bonds. The topological polar surface area (TPSA) is 64.4 Å². The summed E-state index contributed by atoms with van der Waals surface area (Å²) >= 11 is 0. The van der Waals surface area contributed by atoms with Gasteiger partial charge in [0.25, 0.3) is 0 Å². The molecule has 7 heteroatoms. The lowest BCUT2D eigenvalue weighted by Crippen LogP contribution is -2.42. The van der Waals surface area contributed by atoms with Crippen molar-refractivity contribution in [1.82, 2.24) is 14.1 Å². The fourth-order valence-corrected chi connectivity index (χ4v) is 4.79. The van der Waals surface area contributed by atoms with Gasteiger partial charge in [0.15, 0.2) is 0 Å². The first kappa shape index (κ1) is 18.9. The van der Waals surface area contributed by atoms with Crippen LogP contribution in [0, 0.1) is 0 Å². The van der Waals surface area contributed by atoms with E-state index in [1.165, 1.54) is 4.31 Å². The molecular weight excluding hydrogens is 374 g/mol. The molecule has 6 nitrogen and oxygen atoms in total. The van der Waals surface area contributed by atoms with E-state index in [9.17, 15) is 8.42 Å². The van der Waals surface area contributed by atoms with Gasteiger partial charge in [0, 0.05) is 31.4 Å². The van der Waals surface area contributed by atoms with E-state index in [0.29, 0.717) is 18.0 Å². The number of benzene rings is 2.